The van der Waals surface area contributed by atoms with Crippen LogP contribution in [0.4, 0.5) is 4.39 Å². The van der Waals surface area contributed by atoms with Gasteiger partial charge in [-0.15, -0.1) is 0 Å². The van der Waals surface area contributed by atoms with Gasteiger partial charge >= 0.3 is 0 Å². The van der Waals surface area contributed by atoms with Gasteiger partial charge in [-0.3, -0.25) is 4.79 Å². The normalized spacial score (nSPS) is 11.8. The Bertz CT molecular complexity index is 713. The van der Waals surface area contributed by atoms with Crippen LogP contribution in [0.25, 0.3) is 0 Å². The third-order valence-electron chi connectivity index (χ3n) is 3.29. The molecule has 0 saturated heterocycles. The van der Waals surface area contributed by atoms with Crippen LogP contribution in [0.2, 0.25) is 10.0 Å². The van der Waals surface area contributed by atoms with Crippen molar-refractivity contribution < 1.29 is 13.9 Å². The van der Waals surface area contributed by atoms with Gasteiger partial charge in [0.1, 0.15) is 11.6 Å². The number of ether oxygens (including phenoxy) is 1. The number of nitrogens with one attached hydrogen (secondary N) is 1. The van der Waals surface area contributed by atoms with E-state index in [0.29, 0.717) is 22.3 Å². The third-order valence-corrected chi connectivity index (χ3v) is 5.06. The predicted molar refractivity (Wildman–Crippen MR) is 102 cm³/mol. The lowest BCUT2D eigenvalue weighted by atomic mass is 10.2. The molecule has 0 aliphatic rings. The van der Waals surface area contributed by atoms with Crippen molar-refractivity contribution in [2.75, 3.05) is 12.3 Å². The van der Waals surface area contributed by atoms with Crippen LogP contribution in [-0.2, 0) is 10.5 Å². The van der Waals surface area contributed by atoms with Crippen molar-refractivity contribution in [2.24, 2.45) is 0 Å². The van der Waals surface area contributed by atoms with Crippen LogP contribution in [0, 0.1) is 5.82 Å². The standard InChI is InChI=1S/C18H18Cl2FNO2S/c1-12(24-15-5-3-14(21)4-6-15)18(23)22-8-9-25-11-13-2-7-16(19)17(20)10-13/h2-7,10,12H,8-9,11H2,1H3,(H,22,23)/t12-/m0/s1. The first-order chi connectivity index (χ1) is 12.0. The van der Waals surface area contributed by atoms with E-state index in [4.69, 9.17) is 27.9 Å². The molecular weight excluding hydrogens is 384 g/mol. The third kappa shape index (κ3) is 6.77. The van der Waals surface area contributed by atoms with Crippen LogP contribution in [0.1, 0.15) is 12.5 Å². The Morgan fingerprint density at radius 2 is 1.92 bits per heavy atom. The topological polar surface area (TPSA) is 38.3 Å². The Balaban J connectivity index is 1.65. The summed E-state index contributed by atoms with van der Waals surface area (Å²) in [6.45, 7) is 2.18. The Labute approximate surface area is 160 Å². The van der Waals surface area contributed by atoms with Gasteiger partial charge in [-0.25, -0.2) is 4.39 Å². The van der Waals surface area contributed by atoms with E-state index in [0.717, 1.165) is 17.1 Å². The second-order valence-corrected chi connectivity index (χ2v) is 7.23. The predicted octanol–water partition coefficient (Wildman–Crippen LogP) is 4.95. The first-order valence-corrected chi connectivity index (χ1v) is 9.58. The van der Waals surface area contributed by atoms with Crippen LogP contribution < -0.4 is 10.1 Å². The van der Waals surface area contributed by atoms with Gasteiger partial charge in [-0.1, -0.05) is 29.3 Å². The van der Waals surface area contributed by atoms with Gasteiger partial charge in [0, 0.05) is 18.1 Å². The summed E-state index contributed by atoms with van der Waals surface area (Å²) in [5.74, 6) is 1.45. The molecule has 0 fully saturated rings. The molecule has 0 heterocycles. The molecule has 0 bridgehead atoms. The fraction of sp³-hybridized carbons (Fsp3) is 0.278. The van der Waals surface area contributed by atoms with Crippen LogP contribution in [0.5, 0.6) is 5.75 Å². The Morgan fingerprint density at radius 3 is 2.60 bits per heavy atom. The molecule has 0 radical (unpaired) electrons. The summed E-state index contributed by atoms with van der Waals surface area (Å²) in [5.41, 5.74) is 1.08. The zero-order valence-electron chi connectivity index (χ0n) is 13.6. The molecule has 0 aliphatic carbocycles. The minimum atomic E-state index is -0.648. The van der Waals surface area contributed by atoms with Gasteiger partial charge in [0.05, 0.1) is 10.0 Å². The largest absolute Gasteiger partial charge is 0.481 e. The van der Waals surface area contributed by atoms with Gasteiger partial charge in [-0.2, -0.15) is 11.8 Å². The highest BCUT2D eigenvalue weighted by Crippen LogP contribution is 2.24. The molecule has 0 aromatic heterocycles. The smallest absolute Gasteiger partial charge is 0.260 e. The molecule has 1 N–H and O–H groups in total. The fourth-order valence-electron chi connectivity index (χ4n) is 1.98. The lowest BCUT2D eigenvalue weighted by Crippen LogP contribution is -2.37. The highest BCUT2D eigenvalue weighted by molar-refractivity contribution is 7.98. The molecular formula is C18H18Cl2FNO2S. The van der Waals surface area contributed by atoms with Crippen molar-refractivity contribution in [3.8, 4) is 5.75 Å². The molecule has 7 heteroatoms. The number of hydrogen-bond acceptors (Lipinski definition) is 3. The summed E-state index contributed by atoms with van der Waals surface area (Å²) in [6, 6.07) is 11.1. The van der Waals surface area contributed by atoms with Crippen LogP contribution in [0.3, 0.4) is 0 Å². The number of amides is 1. The molecule has 2 aromatic rings. The second-order valence-electron chi connectivity index (χ2n) is 5.31. The first-order valence-electron chi connectivity index (χ1n) is 7.67. The first kappa shape index (κ1) is 19.9. The minimum absolute atomic E-state index is 0.209. The van der Waals surface area contributed by atoms with Crippen molar-refractivity contribution >= 4 is 40.9 Å². The minimum Gasteiger partial charge on any atom is -0.481 e. The maximum Gasteiger partial charge on any atom is 0.260 e. The molecule has 3 nitrogen and oxygen atoms in total. The highest BCUT2D eigenvalue weighted by atomic mass is 35.5. The molecule has 2 rings (SSSR count). The maximum atomic E-state index is 12.8. The molecule has 134 valence electrons. The summed E-state index contributed by atoms with van der Waals surface area (Å²) in [6.07, 6.45) is -0.648. The summed E-state index contributed by atoms with van der Waals surface area (Å²) in [7, 11) is 0. The molecule has 25 heavy (non-hydrogen) atoms. The molecule has 1 amide bonds. The summed E-state index contributed by atoms with van der Waals surface area (Å²) < 4.78 is 18.3. The van der Waals surface area contributed by atoms with Gasteiger partial charge in [0.25, 0.3) is 5.91 Å². The molecule has 2 aromatic carbocycles. The number of benzene rings is 2. The van der Waals surface area contributed by atoms with E-state index >= 15 is 0 Å². The molecule has 0 aliphatic heterocycles. The van der Waals surface area contributed by atoms with Gasteiger partial charge in [0.2, 0.25) is 0 Å². The number of rotatable bonds is 8. The Morgan fingerprint density at radius 1 is 1.20 bits per heavy atom. The Hall–Kier alpha value is -1.43. The summed E-state index contributed by atoms with van der Waals surface area (Å²) in [4.78, 5) is 12.0. The number of carbonyl (C=O) groups is 1. The number of carbonyl (C=O) groups excluding carboxylic acids is 1. The van der Waals surface area contributed by atoms with Crippen LogP contribution >= 0.6 is 35.0 Å². The van der Waals surface area contributed by atoms with E-state index in [1.807, 2.05) is 12.1 Å². The zero-order chi connectivity index (χ0) is 18.2. The molecule has 1 atom stereocenters. The Kier molecular flexibility index (Phi) is 7.88. The molecule has 0 unspecified atom stereocenters. The quantitative estimate of drug-likeness (QED) is 0.635. The maximum absolute atomic E-state index is 12.8. The van der Waals surface area contributed by atoms with E-state index in [1.54, 1.807) is 24.8 Å². The van der Waals surface area contributed by atoms with Gasteiger partial charge in [0.15, 0.2) is 6.10 Å². The van der Waals surface area contributed by atoms with E-state index in [1.165, 1.54) is 24.3 Å². The van der Waals surface area contributed by atoms with Crippen molar-refractivity contribution in [3.05, 3.63) is 63.9 Å². The van der Waals surface area contributed by atoms with Crippen LogP contribution in [0.15, 0.2) is 42.5 Å². The van der Waals surface area contributed by atoms with Crippen molar-refractivity contribution in [3.63, 3.8) is 0 Å². The summed E-state index contributed by atoms with van der Waals surface area (Å²) in [5, 5.41) is 3.90. The average molecular weight is 402 g/mol. The van der Waals surface area contributed by atoms with Crippen molar-refractivity contribution in [2.45, 2.75) is 18.8 Å². The fourth-order valence-corrected chi connectivity index (χ4v) is 3.11. The SMILES string of the molecule is C[C@H](Oc1ccc(F)cc1)C(=O)NCCSCc1ccc(Cl)c(Cl)c1. The number of thioether (sulfide) groups is 1. The number of hydrogen-bond donors (Lipinski definition) is 1. The lowest BCUT2D eigenvalue weighted by Gasteiger charge is -2.14. The van der Waals surface area contributed by atoms with Crippen molar-refractivity contribution in [1.29, 1.82) is 0 Å². The molecule has 0 saturated carbocycles. The van der Waals surface area contributed by atoms with E-state index in [-0.39, 0.29) is 11.7 Å². The van der Waals surface area contributed by atoms with E-state index in [2.05, 4.69) is 5.32 Å². The molecule has 0 spiro atoms. The van der Waals surface area contributed by atoms with Crippen LogP contribution in [-0.4, -0.2) is 24.3 Å². The summed E-state index contributed by atoms with van der Waals surface area (Å²) >= 11 is 13.5. The lowest BCUT2D eigenvalue weighted by molar-refractivity contribution is -0.127. The van der Waals surface area contributed by atoms with E-state index < -0.39 is 6.10 Å². The monoisotopic (exact) mass is 401 g/mol. The van der Waals surface area contributed by atoms with Gasteiger partial charge in [-0.05, 0) is 48.9 Å². The zero-order valence-corrected chi connectivity index (χ0v) is 15.9. The van der Waals surface area contributed by atoms with Crippen molar-refractivity contribution in [1.82, 2.24) is 5.32 Å². The second kappa shape index (κ2) is 9.90. The van der Waals surface area contributed by atoms with Gasteiger partial charge < -0.3 is 10.1 Å². The number of halogens is 3. The average Bonchev–Trinajstić information content (AvgIpc) is 2.59. The highest BCUT2D eigenvalue weighted by Gasteiger charge is 2.13. The van der Waals surface area contributed by atoms with E-state index in [9.17, 15) is 9.18 Å².